The molecule has 1 saturated heterocycles. The molecule has 2 N–H and O–H groups in total. The van der Waals surface area contributed by atoms with Gasteiger partial charge in [0.15, 0.2) is 6.61 Å². The second-order valence-electron chi connectivity index (χ2n) is 9.59. The molecule has 0 spiro atoms. The Kier molecular flexibility index (Phi) is 10.5. The molecule has 1 aliphatic rings. The van der Waals surface area contributed by atoms with Crippen molar-refractivity contribution in [2.45, 2.75) is 30.8 Å². The maximum Gasteiger partial charge on any atom is 0.264 e. The molecule has 0 aromatic heterocycles. The van der Waals surface area contributed by atoms with Crippen molar-refractivity contribution < 1.29 is 32.2 Å². The van der Waals surface area contributed by atoms with Gasteiger partial charge in [-0.3, -0.25) is 13.9 Å². The number of hydrazone groups is 1. The van der Waals surface area contributed by atoms with E-state index in [1.165, 1.54) is 25.5 Å². The molecular weight excluding hydrogens is 560 g/mol. The Hall–Kier alpha value is -4.42. The molecule has 42 heavy (non-hydrogen) atoms. The first-order valence-electron chi connectivity index (χ1n) is 13.4. The van der Waals surface area contributed by atoms with Crippen LogP contribution in [0.1, 0.15) is 24.0 Å². The van der Waals surface area contributed by atoms with Gasteiger partial charge in [-0.05, 0) is 79.4 Å². The second kappa shape index (κ2) is 14.5. The summed E-state index contributed by atoms with van der Waals surface area (Å²) in [4.78, 5) is 24.9. The standard InChI is InChI=1S/C30H34N4O7S/c1-22-10-15-28(39-2)27(17-22)34(42(37,38)26-8-4-3-5-9-26)20-29(35)33-32-18-23-11-13-24(14-12-23)41-21-30(36)31-19-25-7-6-16-40-25/h3-5,8-15,17-18,25H,6-7,16,19-21H2,1-2H3,(H,31,36)(H,33,35)/b32-18-/t25-/m0/s1. The summed E-state index contributed by atoms with van der Waals surface area (Å²) in [6.07, 6.45) is 3.43. The molecule has 0 unspecified atom stereocenters. The number of carbonyl (C=O) groups is 2. The molecule has 3 aromatic carbocycles. The molecule has 1 atom stereocenters. The minimum atomic E-state index is -4.11. The maximum atomic E-state index is 13.6. The summed E-state index contributed by atoms with van der Waals surface area (Å²) in [5.41, 5.74) is 4.07. The van der Waals surface area contributed by atoms with E-state index in [0.717, 1.165) is 29.3 Å². The number of carbonyl (C=O) groups excluding carboxylic acids is 2. The van der Waals surface area contributed by atoms with E-state index >= 15 is 0 Å². The van der Waals surface area contributed by atoms with Gasteiger partial charge in [0.05, 0.1) is 30.0 Å². The van der Waals surface area contributed by atoms with Gasteiger partial charge in [-0.15, -0.1) is 0 Å². The molecule has 1 fully saturated rings. The van der Waals surface area contributed by atoms with Gasteiger partial charge in [-0.1, -0.05) is 24.3 Å². The number of nitrogens with zero attached hydrogens (tertiary/aromatic N) is 2. The topological polar surface area (TPSA) is 136 Å². The summed E-state index contributed by atoms with van der Waals surface area (Å²) in [5.74, 6) is -0.0786. The molecule has 0 saturated carbocycles. The number of aryl methyl sites for hydroxylation is 1. The van der Waals surface area contributed by atoms with E-state index in [4.69, 9.17) is 14.2 Å². The number of nitrogens with one attached hydrogen (secondary N) is 2. The SMILES string of the molecule is COc1ccc(C)cc1N(CC(=O)N/N=C\c1ccc(OCC(=O)NC[C@@H]2CCCO2)cc1)S(=O)(=O)c1ccccc1. The van der Waals surface area contributed by atoms with Crippen LogP contribution in [-0.2, 0) is 24.3 Å². The number of benzene rings is 3. The quantitative estimate of drug-likeness (QED) is 0.229. The Morgan fingerprint density at radius 3 is 2.52 bits per heavy atom. The lowest BCUT2D eigenvalue weighted by atomic mass is 10.2. The molecule has 12 heteroatoms. The first kappa shape index (κ1) is 30.5. The van der Waals surface area contributed by atoms with Gasteiger partial charge in [0.1, 0.15) is 18.0 Å². The second-order valence-corrected chi connectivity index (χ2v) is 11.5. The molecule has 1 aliphatic heterocycles. The number of sulfonamides is 1. The third-order valence-corrected chi connectivity index (χ3v) is 8.20. The van der Waals surface area contributed by atoms with Crippen molar-refractivity contribution in [1.29, 1.82) is 0 Å². The number of hydrogen-bond acceptors (Lipinski definition) is 8. The van der Waals surface area contributed by atoms with E-state index < -0.39 is 22.5 Å². The molecule has 0 radical (unpaired) electrons. The van der Waals surface area contributed by atoms with Crippen LogP contribution in [0, 0.1) is 6.92 Å². The fourth-order valence-electron chi connectivity index (χ4n) is 4.24. The van der Waals surface area contributed by atoms with Crippen LogP contribution in [0.5, 0.6) is 11.5 Å². The Morgan fingerprint density at radius 1 is 1.07 bits per heavy atom. The van der Waals surface area contributed by atoms with Crippen molar-refractivity contribution >= 4 is 33.7 Å². The summed E-state index contributed by atoms with van der Waals surface area (Å²) in [6, 6.07) is 19.7. The minimum Gasteiger partial charge on any atom is -0.495 e. The Morgan fingerprint density at radius 2 is 1.83 bits per heavy atom. The van der Waals surface area contributed by atoms with Crippen molar-refractivity contribution in [3.05, 3.63) is 83.9 Å². The molecule has 0 bridgehead atoms. The average molecular weight is 595 g/mol. The lowest BCUT2D eigenvalue weighted by Crippen LogP contribution is -2.39. The van der Waals surface area contributed by atoms with Gasteiger partial charge in [0.2, 0.25) is 0 Å². The Bertz CT molecular complexity index is 1490. The predicted octanol–water partition coefficient (Wildman–Crippen LogP) is 3.02. The first-order valence-corrected chi connectivity index (χ1v) is 14.9. The molecule has 1 heterocycles. The fourth-order valence-corrected chi connectivity index (χ4v) is 5.69. The molecular formula is C30H34N4O7S. The van der Waals surface area contributed by atoms with Crippen LogP contribution < -0.4 is 24.5 Å². The molecule has 2 amide bonds. The van der Waals surface area contributed by atoms with E-state index in [1.54, 1.807) is 60.7 Å². The normalized spacial score (nSPS) is 14.9. The van der Waals surface area contributed by atoms with Gasteiger partial charge in [-0.2, -0.15) is 5.10 Å². The highest BCUT2D eigenvalue weighted by Crippen LogP contribution is 2.33. The van der Waals surface area contributed by atoms with E-state index in [0.29, 0.717) is 23.6 Å². The van der Waals surface area contributed by atoms with Gasteiger partial charge in [-0.25, -0.2) is 13.8 Å². The van der Waals surface area contributed by atoms with Crippen LogP contribution in [0.3, 0.4) is 0 Å². The largest absolute Gasteiger partial charge is 0.495 e. The van der Waals surface area contributed by atoms with Gasteiger partial charge in [0, 0.05) is 13.2 Å². The van der Waals surface area contributed by atoms with Gasteiger partial charge >= 0.3 is 0 Å². The molecule has 222 valence electrons. The fraction of sp³-hybridized carbons (Fsp3) is 0.300. The van der Waals surface area contributed by atoms with Crippen LogP contribution >= 0.6 is 0 Å². The lowest BCUT2D eigenvalue weighted by Gasteiger charge is -2.25. The third kappa shape index (κ3) is 8.30. The first-order chi connectivity index (χ1) is 20.3. The highest BCUT2D eigenvalue weighted by molar-refractivity contribution is 7.92. The lowest BCUT2D eigenvalue weighted by molar-refractivity contribution is -0.123. The van der Waals surface area contributed by atoms with E-state index in [9.17, 15) is 18.0 Å². The van der Waals surface area contributed by atoms with Crippen LogP contribution in [0.2, 0.25) is 0 Å². The Labute approximate surface area is 245 Å². The zero-order valence-corrected chi connectivity index (χ0v) is 24.3. The highest BCUT2D eigenvalue weighted by atomic mass is 32.2. The number of hydrogen-bond donors (Lipinski definition) is 2. The van der Waals surface area contributed by atoms with Crippen molar-refractivity contribution in [2.24, 2.45) is 5.10 Å². The number of amides is 2. The summed E-state index contributed by atoms with van der Waals surface area (Å²) >= 11 is 0. The minimum absolute atomic E-state index is 0.0347. The van der Waals surface area contributed by atoms with Crippen molar-refractivity contribution in [3.63, 3.8) is 0 Å². The van der Waals surface area contributed by atoms with Crippen LogP contribution in [-0.4, -0.2) is 66.0 Å². The molecule has 4 rings (SSSR count). The Balaban J connectivity index is 1.36. The maximum absolute atomic E-state index is 13.6. The summed E-state index contributed by atoms with van der Waals surface area (Å²) < 4.78 is 44.6. The van der Waals surface area contributed by atoms with Crippen molar-refractivity contribution in [3.8, 4) is 11.5 Å². The summed E-state index contributed by atoms with van der Waals surface area (Å²) in [5, 5.41) is 6.77. The van der Waals surface area contributed by atoms with Crippen LogP contribution in [0.4, 0.5) is 5.69 Å². The monoisotopic (exact) mass is 594 g/mol. The molecule has 0 aliphatic carbocycles. The summed E-state index contributed by atoms with van der Waals surface area (Å²) in [6.45, 7) is 2.37. The average Bonchev–Trinajstić information content (AvgIpc) is 3.53. The van der Waals surface area contributed by atoms with Crippen LogP contribution in [0.25, 0.3) is 0 Å². The number of ether oxygens (including phenoxy) is 3. The predicted molar refractivity (Wildman–Crippen MR) is 158 cm³/mol. The number of anilines is 1. The molecule has 11 nitrogen and oxygen atoms in total. The number of rotatable bonds is 13. The van der Waals surface area contributed by atoms with Gasteiger partial charge < -0.3 is 19.5 Å². The highest BCUT2D eigenvalue weighted by Gasteiger charge is 2.29. The zero-order chi connectivity index (χ0) is 30.0. The van der Waals surface area contributed by atoms with Crippen molar-refractivity contribution in [2.75, 3.05) is 37.7 Å². The zero-order valence-electron chi connectivity index (χ0n) is 23.5. The van der Waals surface area contributed by atoms with E-state index in [-0.39, 0.29) is 29.2 Å². The number of methoxy groups -OCH3 is 1. The smallest absolute Gasteiger partial charge is 0.264 e. The summed E-state index contributed by atoms with van der Waals surface area (Å²) in [7, 11) is -2.67. The van der Waals surface area contributed by atoms with Crippen molar-refractivity contribution in [1.82, 2.24) is 10.7 Å². The van der Waals surface area contributed by atoms with Gasteiger partial charge in [0.25, 0.3) is 21.8 Å². The van der Waals surface area contributed by atoms with Crippen LogP contribution in [0.15, 0.2) is 82.8 Å². The van der Waals surface area contributed by atoms with E-state index in [2.05, 4.69) is 15.8 Å². The molecule has 3 aromatic rings. The van der Waals surface area contributed by atoms with E-state index in [1.807, 2.05) is 6.92 Å². The third-order valence-electron chi connectivity index (χ3n) is 6.43.